The molecule has 1 aliphatic heterocycles. The van der Waals surface area contributed by atoms with Crippen LogP contribution in [0.2, 0.25) is 0 Å². The molecule has 6 heteroatoms. The fourth-order valence-corrected chi connectivity index (χ4v) is 2.10. The van der Waals surface area contributed by atoms with E-state index in [0.29, 0.717) is 11.5 Å². The number of hydrogen-bond acceptors (Lipinski definition) is 5. The van der Waals surface area contributed by atoms with Crippen LogP contribution in [-0.2, 0) is 4.79 Å². The summed E-state index contributed by atoms with van der Waals surface area (Å²) in [5.74, 6) is 1.14. The Morgan fingerprint density at radius 3 is 2.83 bits per heavy atom. The van der Waals surface area contributed by atoms with E-state index in [4.69, 9.17) is 9.47 Å². The maximum Gasteiger partial charge on any atom is 0.259 e. The number of nitrogens with one attached hydrogen (secondary N) is 2. The van der Waals surface area contributed by atoms with Gasteiger partial charge in [0.25, 0.3) is 5.91 Å². The van der Waals surface area contributed by atoms with Gasteiger partial charge in [-0.25, -0.2) is 5.43 Å². The molecule has 1 heterocycles. The zero-order valence-corrected chi connectivity index (χ0v) is 12.9. The van der Waals surface area contributed by atoms with Crippen molar-refractivity contribution in [1.82, 2.24) is 5.43 Å². The Labute approximate surface area is 139 Å². The van der Waals surface area contributed by atoms with E-state index in [0.717, 1.165) is 11.3 Å². The summed E-state index contributed by atoms with van der Waals surface area (Å²) in [6.45, 7) is 0.337. The number of hydrazone groups is 1. The molecule has 1 aliphatic rings. The average Bonchev–Trinajstić information content (AvgIpc) is 3.08. The van der Waals surface area contributed by atoms with Gasteiger partial charge in [-0.1, -0.05) is 36.4 Å². The van der Waals surface area contributed by atoms with E-state index < -0.39 is 0 Å². The molecule has 1 amide bonds. The number of hydrogen-bond donors (Lipinski definition) is 2. The molecule has 2 N–H and O–H groups in total. The van der Waals surface area contributed by atoms with Crippen LogP contribution in [0.25, 0.3) is 6.08 Å². The second-order valence-corrected chi connectivity index (χ2v) is 5.00. The Bertz CT molecular complexity index is 757. The molecular weight excluding hydrogens is 306 g/mol. The number of carbonyl (C=O) groups excluding carboxylic acids is 1. The van der Waals surface area contributed by atoms with Gasteiger partial charge in [0.15, 0.2) is 11.5 Å². The lowest BCUT2D eigenvalue weighted by atomic mass is 10.2. The molecule has 2 aromatic rings. The standard InChI is InChI=1S/C18H17N3O3/c22-18(21-20-10-4-7-14-5-2-1-3-6-14)12-19-15-8-9-16-17(11-15)24-13-23-16/h1-11,19H,12-13H2,(H,21,22)/b7-4+,20-10-. The molecule has 0 spiro atoms. The molecule has 0 bridgehead atoms. The zero-order chi connectivity index (χ0) is 16.6. The molecule has 0 atom stereocenters. The summed E-state index contributed by atoms with van der Waals surface area (Å²) < 4.78 is 10.5. The molecule has 0 saturated carbocycles. The molecule has 0 aromatic heterocycles. The van der Waals surface area contributed by atoms with Crippen molar-refractivity contribution in [3.8, 4) is 11.5 Å². The number of carbonyl (C=O) groups is 1. The highest BCUT2D eigenvalue weighted by molar-refractivity contribution is 5.83. The third-order valence-corrected chi connectivity index (χ3v) is 3.26. The minimum absolute atomic E-state index is 0.110. The number of allylic oxidation sites excluding steroid dienone is 1. The Kier molecular flexibility index (Phi) is 5.09. The van der Waals surface area contributed by atoms with Gasteiger partial charge in [0.1, 0.15) is 0 Å². The van der Waals surface area contributed by atoms with Crippen LogP contribution in [-0.4, -0.2) is 25.5 Å². The number of benzene rings is 2. The van der Waals surface area contributed by atoms with Gasteiger partial charge < -0.3 is 14.8 Å². The minimum Gasteiger partial charge on any atom is -0.454 e. The first-order valence-electron chi connectivity index (χ1n) is 7.48. The number of nitrogens with zero attached hydrogens (tertiary/aromatic N) is 1. The summed E-state index contributed by atoms with van der Waals surface area (Å²) in [6, 6.07) is 15.3. The zero-order valence-electron chi connectivity index (χ0n) is 12.9. The topological polar surface area (TPSA) is 72.0 Å². The highest BCUT2D eigenvalue weighted by atomic mass is 16.7. The monoisotopic (exact) mass is 323 g/mol. The lowest BCUT2D eigenvalue weighted by molar-refractivity contribution is -0.119. The molecule has 0 radical (unpaired) electrons. The highest BCUT2D eigenvalue weighted by Gasteiger charge is 2.13. The molecule has 122 valence electrons. The SMILES string of the molecule is O=C(CNc1ccc2c(c1)OCO2)N/N=C\C=C\c1ccccc1. The Hall–Kier alpha value is -3.28. The van der Waals surface area contributed by atoms with Crippen LogP contribution < -0.4 is 20.2 Å². The average molecular weight is 323 g/mol. The van der Waals surface area contributed by atoms with Gasteiger partial charge in [-0.2, -0.15) is 5.10 Å². The Morgan fingerprint density at radius 2 is 1.96 bits per heavy atom. The molecule has 2 aromatic carbocycles. The third kappa shape index (κ3) is 4.36. The van der Waals surface area contributed by atoms with Crippen LogP contribution in [0.1, 0.15) is 5.56 Å². The van der Waals surface area contributed by atoms with Gasteiger partial charge >= 0.3 is 0 Å². The van der Waals surface area contributed by atoms with Crippen molar-refractivity contribution >= 4 is 23.9 Å². The van der Waals surface area contributed by atoms with E-state index in [1.165, 1.54) is 6.21 Å². The number of fused-ring (bicyclic) bond motifs is 1. The quantitative estimate of drug-likeness (QED) is 0.633. The first-order chi connectivity index (χ1) is 11.8. The van der Waals surface area contributed by atoms with Crippen molar-refractivity contribution < 1.29 is 14.3 Å². The van der Waals surface area contributed by atoms with E-state index in [9.17, 15) is 4.79 Å². The van der Waals surface area contributed by atoms with E-state index in [1.54, 1.807) is 18.2 Å². The van der Waals surface area contributed by atoms with Crippen LogP contribution >= 0.6 is 0 Å². The molecule has 0 fully saturated rings. The summed E-state index contributed by atoms with van der Waals surface area (Å²) in [5, 5.41) is 6.86. The van der Waals surface area contributed by atoms with Crippen molar-refractivity contribution in [2.75, 3.05) is 18.7 Å². The smallest absolute Gasteiger partial charge is 0.259 e. The molecule has 3 rings (SSSR count). The fourth-order valence-electron chi connectivity index (χ4n) is 2.10. The first kappa shape index (κ1) is 15.6. The lowest BCUT2D eigenvalue weighted by Crippen LogP contribution is -2.25. The second kappa shape index (κ2) is 7.82. The summed E-state index contributed by atoms with van der Waals surface area (Å²) in [4.78, 5) is 11.7. The largest absolute Gasteiger partial charge is 0.454 e. The normalized spacial score (nSPS) is 12.7. The Morgan fingerprint density at radius 1 is 1.12 bits per heavy atom. The van der Waals surface area contributed by atoms with Crippen LogP contribution in [0.3, 0.4) is 0 Å². The predicted molar refractivity (Wildman–Crippen MR) is 93.2 cm³/mol. The first-order valence-corrected chi connectivity index (χ1v) is 7.48. The Balaban J connectivity index is 1.41. The van der Waals surface area contributed by atoms with E-state index in [2.05, 4.69) is 15.8 Å². The summed E-state index contributed by atoms with van der Waals surface area (Å²) in [6.07, 6.45) is 5.20. The van der Waals surface area contributed by atoms with Crippen LogP contribution in [0.15, 0.2) is 59.7 Å². The summed E-state index contributed by atoms with van der Waals surface area (Å²) >= 11 is 0. The molecule has 0 aliphatic carbocycles. The van der Waals surface area contributed by atoms with Gasteiger partial charge in [-0.3, -0.25) is 4.79 Å². The molecule has 0 unspecified atom stereocenters. The van der Waals surface area contributed by atoms with Crippen molar-refractivity contribution in [3.05, 3.63) is 60.2 Å². The second-order valence-electron chi connectivity index (χ2n) is 5.00. The predicted octanol–water partition coefficient (Wildman–Crippen LogP) is 2.64. The maximum absolute atomic E-state index is 11.7. The van der Waals surface area contributed by atoms with E-state index in [-0.39, 0.29) is 19.2 Å². The van der Waals surface area contributed by atoms with E-state index >= 15 is 0 Å². The van der Waals surface area contributed by atoms with Gasteiger partial charge in [-0.05, 0) is 23.8 Å². The van der Waals surface area contributed by atoms with Crippen LogP contribution in [0.5, 0.6) is 11.5 Å². The number of amides is 1. The van der Waals surface area contributed by atoms with Crippen molar-refractivity contribution in [2.24, 2.45) is 5.10 Å². The lowest BCUT2D eigenvalue weighted by Gasteiger charge is -2.05. The number of ether oxygens (including phenoxy) is 2. The van der Waals surface area contributed by atoms with Gasteiger partial charge in [0, 0.05) is 18.0 Å². The maximum atomic E-state index is 11.7. The van der Waals surface area contributed by atoms with Crippen LogP contribution in [0.4, 0.5) is 5.69 Å². The molecular formula is C18H17N3O3. The van der Waals surface area contributed by atoms with Gasteiger partial charge in [0.05, 0.1) is 6.54 Å². The van der Waals surface area contributed by atoms with Crippen molar-refractivity contribution in [3.63, 3.8) is 0 Å². The summed E-state index contributed by atoms with van der Waals surface area (Å²) in [7, 11) is 0. The highest BCUT2D eigenvalue weighted by Crippen LogP contribution is 2.34. The number of anilines is 1. The molecule has 24 heavy (non-hydrogen) atoms. The molecule has 0 saturated heterocycles. The molecule has 6 nitrogen and oxygen atoms in total. The van der Waals surface area contributed by atoms with Crippen molar-refractivity contribution in [1.29, 1.82) is 0 Å². The van der Waals surface area contributed by atoms with Gasteiger partial charge in [0.2, 0.25) is 6.79 Å². The van der Waals surface area contributed by atoms with Crippen molar-refractivity contribution in [2.45, 2.75) is 0 Å². The van der Waals surface area contributed by atoms with Crippen LogP contribution in [0, 0.1) is 0 Å². The summed E-state index contributed by atoms with van der Waals surface area (Å²) in [5.41, 5.74) is 4.30. The third-order valence-electron chi connectivity index (χ3n) is 3.26. The van der Waals surface area contributed by atoms with Gasteiger partial charge in [-0.15, -0.1) is 0 Å². The fraction of sp³-hybridized carbons (Fsp3) is 0.111. The van der Waals surface area contributed by atoms with E-state index in [1.807, 2.05) is 42.5 Å². The number of rotatable bonds is 6. The minimum atomic E-state index is -0.239.